The van der Waals surface area contributed by atoms with E-state index in [0.29, 0.717) is 0 Å². The molecule has 2 aromatic rings. The first-order valence-electron chi connectivity index (χ1n) is 8.36. The molecule has 1 aliphatic heterocycles. The van der Waals surface area contributed by atoms with Gasteiger partial charge in [0.2, 0.25) is 0 Å². The monoisotopic (exact) mass is 382 g/mol. The third kappa shape index (κ3) is 4.65. The van der Waals surface area contributed by atoms with Gasteiger partial charge in [0.15, 0.2) is 0 Å². The van der Waals surface area contributed by atoms with Crippen molar-refractivity contribution in [2.24, 2.45) is 0 Å². The number of nitrogens with zero attached hydrogens (tertiary/aromatic N) is 1. The largest absolute Gasteiger partial charge is 0.573 e. The number of rotatable bonds is 6. The Morgan fingerprint density at radius 3 is 2.46 bits per heavy atom. The zero-order chi connectivity index (χ0) is 18.8. The van der Waals surface area contributed by atoms with Crippen LogP contribution in [0.25, 0.3) is 0 Å². The van der Waals surface area contributed by atoms with E-state index in [9.17, 15) is 13.2 Å². The van der Waals surface area contributed by atoms with Gasteiger partial charge in [-0.1, -0.05) is 18.2 Å². The van der Waals surface area contributed by atoms with Crippen LogP contribution in [0.5, 0.6) is 5.75 Å². The molecule has 26 heavy (non-hydrogen) atoms. The summed E-state index contributed by atoms with van der Waals surface area (Å²) < 4.78 is 43.8. The minimum Gasteiger partial charge on any atom is -0.406 e. The number of hydrogen-bond acceptors (Lipinski definition) is 4. The van der Waals surface area contributed by atoms with Crippen molar-refractivity contribution in [3.8, 4) is 5.75 Å². The quantitative estimate of drug-likeness (QED) is 0.709. The molecule has 0 spiro atoms. The topological polar surface area (TPSA) is 24.5 Å². The Balaban J connectivity index is 1.54. The molecule has 3 rings (SSSR count). The summed E-state index contributed by atoms with van der Waals surface area (Å²) in [5, 5.41) is 0. The van der Waals surface area contributed by atoms with Crippen LogP contribution < -0.4 is 14.4 Å². The van der Waals surface area contributed by atoms with E-state index in [4.69, 9.17) is 0 Å². The Labute approximate surface area is 155 Å². The van der Waals surface area contributed by atoms with Gasteiger partial charge in [0.1, 0.15) is 5.75 Å². The summed E-state index contributed by atoms with van der Waals surface area (Å²) in [7, 11) is 0. The zero-order valence-corrected chi connectivity index (χ0v) is 15.5. The molecule has 140 valence electrons. The number of halogens is 3. The second kappa shape index (κ2) is 7.40. The molecule has 0 saturated carbocycles. The van der Waals surface area contributed by atoms with Crippen molar-refractivity contribution in [1.82, 2.24) is 4.72 Å². The molecule has 1 heterocycles. The molecule has 0 amide bonds. The number of ether oxygens (including phenoxy) is 1. The van der Waals surface area contributed by atoms with Crippen LogP contribution in [0.15, 0.2) is 53.4 Å². The molecule has 0 fully saturated rings. The lowest BCUT2D eigenvalue weighted by Crippen LogP contribution is -2.49. The van der Waals surface area contributed by atoms with Gasteiger partial charge in [-0.25, -0.2) is 0 Å². The van der Waals surface area contributed by atoms with Crippen molar-refractivity contribution in [2.75, 3.05) is 18.0 Å². The number of hydrogen-bond donors (Lipinski definition) is 1. The number of anilines is 1. The van der Waals surface area contributed by atoms with Crippen LogP contribution in [-0.4, -0.2) is 25.0 Å². The Morgan fingerprint density at radius 1 is 1.08 bits per heavy atom. The predicted octanol–water partition coefficient (Wildman–Crippen LogP) is 5.02. The molecule has 0 radical (unpaired) electrons. The maximum Gasteiger partial charge on any atom is 0.573 e. The highest BCUT2D eigenvalue weighted by atomic mass is 32.2. The molecule has 0 atom stereocenters. The van der Waals surface area contributed by atoms with Gasteiger partial charge in [0, 0.05) is 29.2 Å². The highest BCUT2D eigenvalue weighted by molar-refractivity contribution is 7.97. The van der Waals surface area contributed by atoms with Crippen LogP contribution in [0, 0.1) is 0 Å². The molecule has 0 aliphatic carbocycles. The van der Waals surface area contributed by atoms with E-state index in [0.717, 1.165) is 24.4 Å². The van der Waals surface area contributed by atoms with Crippen LogP contribution in [0.2, 0.25) is 0 Å². The third-order valence-electron chi connectivity index (χ3n) is 4.37. The zero-order valence-electron chi connectivity index (χ0n) is 14.6. The Morgan fingerprint density at radius 2 is 1.77 bits per heavy atom. The SMILES string of the molecule is CC(C)(CNSc1ccc(OC(F)(F)F)cc1)N1CCc2ccccc21. The minimum absolute atomic E-state index is 0.0844. The number of alkyl halides is 3. The molecule has 7 heteroatoms. The second-order valence-electron chi connectivity index (χ2n) is 6.79. The number of benzene rings is 2. The number of para-hydroxylation sites is 1. The first kappa shape index (κ1) is 18.9. The van der Waals surface area contributed by atoms with Gasteiger partial charge in [-0.15, -0.1) is 13.2 Å². The van der Waals surface area contributed by atoms with Gasteiger partial charge < -0.3 is 9.64 Å². The molecule has 0 unspecified atom stereocenters. The van der Waals surface area contributed by atoms with E-state index >= 15 is 0 Å². The first-order valence-corrected chi connectivity index (χ1v) is 9.17. The number of nitrogens with one attached hydrogen (secondary N) is 1. The van der Waals surface area contributed by atoms with E-state index in [1.807, 2.05) is 0 Å². The van der Waals surface area contributed by atoms with Crippen molar-refractivity contribution in [3.63, 3.8) is 0 Å². The van der Waals surface area contributed by atoms with Gasteiger partial charge in [-0.3, -0.25) is 4.72 Å². The normalized spacial score (nSPS) is 14.4. The average molecular weight is 382 g/mol. The minimum atomic E-state index is -4.66. The van der Waals surface area contributed by atoms with Crippen LogP contribution in [-0.2, 0) is 6.42 Å². The molecule has 3 nitrogen and oxygen atoms in total. The van der Waals surface area contributed by atoms with Crippen molar-refractivity contribution < 1.29 is 17.9 Å². The maximum atomic E-state index is 12.2. The summed E-state index contributed by atoms with van der Waals surface area (Å²) >= 11 is 1.40. The van der Waals surface area contributed by atoms with E-state index < -0.39 is 6.36 Å². The molecule has 1 N–H and O–H groups in total. The van der Waals surface area contributed by atoms with E-state index in [-0.39, 0.29) is 11.3 Å². The second-order valence-corrected chi connectivity index (χ2v) is 7.75. The third-order valence-corrected chi connectivity index (χ3v) is 5.17. The lowest BCUT2D eigenvalue weighted by Gasteiger charge is -2.38. The smallest absolute Gasteiger partial charge is 0.406 e. The Bertz CT molecular complexity index is 747. The highest BCUT2D eigenvalue weighted by Crippen LogP contribution is 2.33. The standard InChI is InChI=1S/C19H21F3N2OS/c1-18(2,24-12-11-14-5-3-4-6-17(14)24)13-23-26-16-9-7-15(8-10-16)25-19(20,21)22/h3-10,23H,11-13H2,1-2H3. The van der Waals surface area contributed by atoms with Gasteiger partial charge in [-0.2, -0.15) is 0 Å². The lowest BCUT2D eigenvalue weighted by molar-refractivity contribution is -0.274. The Hall–Kier alpha value is -1.86. The van der Waals surface area contributed by atoms with Crippen LogP contribution in [0.1, 0.15) is 19.4 Å². The molecule has 0 saturated heterocycles. The average Bonchev–Trinajstić information content (AvgIpc) is 3.00. The first-order chi connectivity index (χ1) is 12.2. The van der Waals surface area contributed by atoms with Crippen molar-refractivity contribution >= 4 is 17.6 Å². The van der Waals surface area contributed by atoms with Gasteiger partial charge >= 0.3 is 6.36 Å². The molecule has 1 aliphatic rings. The van der Waals surface area contributed by atoms with Gasteiger partial charge in [0.05, 0.1) is 0 Å². The molecule has 2 aromatic carbocycles. The van der Waals surface area contributed by atoms with Gasteiger partial charge in [-0.05, 0) is 68.1 Å². The van der Waals surface area contributed by atoms with E-state index in [1.54, 1.807) is 12.1 Å². The molecular formula is C19H21F3N2OS. The molecule has 0 bridgehead atoms. The summed E-state index contributed by atoms with van der Waals surface area (Å²) in [5.41, 5.74) is 2.56. The lowest BCUT2D eigenvalue weighted by atomic mass is 10.0. The van der Waals surface area contributed by atoms with E-state index in [1.165, 1.54) is 35.3 Å². The highest BCUT2D eigenvalue weighted by Gasteiger charge is 2.32. The van der Waals surface area contributed by atoms with Crippen molar-refractivity contribution in [2.45, 2.75) is 37.1 Å². The number of fused-ring (bicyclic) bond motifs is 1. The maximum absolute atomic E-state index is 12.2. The Kier molecular flexibility index (Phi) is 5.39. The summed E-state index contributed by atoms with van der Waals surface area (Å²) in [5.74, 6) is -0.212. The fourth-order valence-corrected chi connectivity index (χ4v) is 3.93. The van der Waals surface area contributed by atoms with Crippen molar-refractivity contribution in [1.29, 1.82) is 0 Å². The summed E-state index contributed by atoms with van der Waals surface area (Å²) in [6, 6.07) is 14.3. The van der Waals surface area contributed by atoms with Crippen LogP contribution in [0.4, 0.5) is 18.9 Å². The van der Waals surface area contributed by atoms with E-state index in [2.05, 4.69) is 52.5 Å². The molecular weight excluding hydrogens is 361 g/mol. The summed E-state index contributed by atoms with van der Waals surface area (Å²) in [4.78, 5) is 3.23. The summed E-state index contributed by atoms with van der Waals surface area (Å²) in [6.45, 7) is 6.08. The van der Waals surface area contributed by atoms with Crippen LogP contribution >= 0.6 is 11.9 Å². The molecule has 0 aromatic heterocycles. The van der Waals surface area contributed by atoms with Crippen LogP contribution in [0.3, 0.4) is 0 Å². The summed E-state index contributed by atoms with van der Waals surface area (Å²) in [6.07, 6.45) is -3.61. The predicted molar refractivity (Wildman–Crippen MR) is 98.6 cm³/mol. The fourth-order valence-electron chi connectivity index (χ4n) is 3.07. The van der Waals surface area contributed by atoms with Crippen molar-refractivity contribution in [3.05, 3.63) is 54.1 Å². The fraction of sp³-hybridized carbons (Fsp3) is 0.368. The van der Waals surface area contributed by atoms with Gasteiger partial charge in [0.25, 0.3) is 0 Å².